The van der Waals surface area contributed by atoms with Crippen LogP contribution in [0.2, 0.25) is 0 Å². The minimum atomic E-state index is -0.798. The van der Waals surface area contributed by atoms with Gasteiger partial charge in [0.25, 0.3) is 0 Å². The van der Waals surface area contributed by atoms with Crippen LogP contribution in [-0.4, -0.2) is 21.4 Å². The molecule has 5 nitrogen and oxygen atoms in total. The molecule has 1 aromatic heterocycles. The number of carboxylic acids is 1. The molecule has 0 amide bonds. The minimum absolute atomic E-state index is 0.0497. The highest BCUT2D eigenvalue weighted by Crippen LogP contribution is 2.17. The molecule has 0 radical (unpaired) electrons. The number of nitrogen functional groups attached to an aromatic ring is 1. The van der Waals surface area contributed by atoms with Crippen molar-refractivity contribution in [2.45, 2.75) is 32.7 Å². The van der Waals surface area contributed by atoms with Gasteiger partial charge in [0.2, 0.25) is 5.78 Å². The molecule has 1 aromatic carbocycles. The zero-order valence-corrected chi connectivity index (χ0v) is 12.6. The van der Waals surface area contributed by atoms with Crippen molar-refractivity contribution in [3.8, 4) is 0 Å². The summed E-state index contributed by atoms with van der Waals surface area (Å²) in [6.45, 7) is 2.66. The average Bonchev–Trinajstić information content (AvgIpc) is 2.90. The van der Waals surface area contributed by atoms with Crippen LogP contribution in [0.4, 0.5) is 5.69 Å². The van der Waals surface area contributed by atoms with Gasteiger partial charge in [0.05, 0.1) is 5.69 Å². The van der Waals surface area contributed by atoms with Gasteiger partial charge in [0.15, 0.2) is 0 Å². The number of hydrogen-bond donors (Lipinski definition) is 2. The number of benzene rings is 1. The maximum atomic E-state index is 12.6. The fraction of sp³-hybridized carbons (Fsp3) is 0.294. The second-order valence-electron chi connectivity index (χ2n) is 5.22. The number of aliphatic carboxylic acids is 1. The Morgan fingerprint density at radius 3 is 2.50 bits per heavy atom. The van der Waals surface area contributed by atoms with Crippen molar-refractivity contribution in [1.29, 1.82) is 0 Å². The van der Waals surface area contributed by atoms with E-state index in [9.17, 15) is 9.59 Å². The number of anilines is 1. The summed E-state index contributed by atoms with van der Waals surface area (Å²) < 4.78 is 1.90. The molecule has 0 spiro atoms. The van der Waals surface area contributed by atoms with E-state index in [1.165, 1.54) is 0 Å². The number of hydrogen-bond acceptors (Lipinski definition) is 3. The highest BCUT2D eigenvalue weighted by atomic mass is 16.4. The molecule has 0 bridgehead atoms. The Hall–Kier alpha value is -2.56. The summed E-state index contributed by atoms with van der Waals surface area (Å²) in [5.74, 6) is -0.848. The van der Waals surface area contributed by atoms with E-state index < -0.39 is 5.97 Å². The summed E-state index contributed by atoms with van der Waals surface area (Å²) in [5, 5.41) is 8.69. The van der Waals surface area contributed by atoms with Gasteiger partial charge >= 0.3 is 5.97 Å². The second-order valence-corrected chi connectivity index (χ2v) is 5.22. The molecule has 0 saturated heterocycles. The Bertz CT molecular complexity index is 672. The molecule has 2 rings (SSSR count). The second kappa shape index (κ2) is 6.93. The summed E-state index contributed by atoms with van der Waals surface area (Å²) in [4.78, 5) is 23.1. The maximum absolute atomic E-state index is 12.6. The van der Waals surface area contributed by atoms with Crippen molar-refractivity contribution in [1.82, 2.24) is 4.57 Å². The van der Waals surface area contributed by atoms with E-state index in [0.717, 1.165) is 5.56 Å². The van der Waals surface area contributed by atoms with Gasteiger partial charge in [-0.3, -0.25) is 9.59 Å². The number of ketones is 1. The van der Waals surface area contributed by atoms with Gasteiger partial charge in [-0.2, -0.15) is 0 Å². The monoisotopic (exact) mass is 300 g/mol. The van der Waals surface area contributed by atoms with E-state index in [1.54, 1.807) is 24.3 Å². The van der Waals surface area contributed by atoms with Gasteiger partial charge in [-0.15, -0.1) is 0 Å². The first kappa shape index (κ1) is 15.8. The van der Waals surface area contributed by atoms with Gasteiger partial charge in [0, 0.05) is 30.4 Å². The number of nitrogens with two attached hydrogens (primary N) is 1. The van der Waals surface area contributed by atoms with Crippen LogP contribution in [-0.2, 0) is 17.8 Å². The van der Waals surface area contributed by atoms with Crippen molar-refractivity contribution >= 4 is 17.4 Å². The van der Waals surface area contributed by atoms with Gasteiger partial charge in [-0.05, 0) is 55.7 Å². The first-order valence-electron chi connectivity index (χ1n) is 7.32. The molecule has 0 unspecified atom stereocenters. The Morgan fingerprint density at radius 2 is 1.91 bits per heavy atom. The molecule has 5 heteroatoms. The maximum Gasteiger partial charge on any atom is 0.303 e. The lowest BCUT2D eigenvalue weighted by Crippen LogP contribution is -2.08. The largest absolute Gasteiger partial charge is 0.481 e. The van der Waals surface area contributed by atoms with Crippen LogP contribution in [0.5, 0.6) is 0 Å². The predicted octanol–water partition coefficient (Wildman–Crippen LogP) is 2.73. The number of carbonyl (C=O) groups excluding carboxylic acids is 1. The van der Waals surface area contributed by atoms with E-state index in [0.29, 0.717) is 36.3 Å². The van der Waals surface area contributed by atoms with Crippen LogP contribution in [0.15, 0.2) is 36.5 Å². The molecule has 1 heterocycles. The standard InChI is InChI=1S/C17H20N2O3/c1-2-19-11-12(4-3-5-16(20)21)10-15(19)17(22)13-6-8-14(18)9-7-13/h6-11H,2-5,18H2,1H3,(H,20,21). The highest BCUT2D eigenvalue weighted by Gasteiger charge is 2.15. The van der Waals surface area contributed by atoms with E-state index in [-0.39, 0.29) is 12.2 Å². The van der Waals surface area contributed by atoms with Crippen molar-refractivity contribution in [3.63, 3.8) is 0 Å². The fourth-order valence-corrected chi connectivity index (χ4v) is 2.39. The first-order valence-corrected chi connectivity index (χ1v) is 7.32. The quantitative estimate of drug-likeness (QED) is 0.608. The molecule has 0 aliphatic rings. The summed E-state index contributed by atoms with van der Waals surface area (Å²) in [7, 11) is 0. The molecule has 22 heavy (non-hydrogen) atoms. The number of nitrogens with zero attached hydrogens (tertiary/aromatic N) is 1. The Morgan fingerprint density at radius 1 is 1.23 bits per heavy atom. The van der Waals surface area contributed by atoms with E-state index in [4.69, 9.17) is 10.8 Å². The normalized spacial score (nSPS) is 10.6. The Labute approximate surface area is 129 Å². The van der Waals surface area contributed by atoms with Gasteiger partial charge in [0.1, 0.15) is 0 Å². The van der Waals surface area contributed by atoms with Crippen molar-refractivity contribution < 1.29 is 14.7 Å². The van der Waals surface area contributed by atoms with E-state index >= 15 is 0 Å². The van der Waals surface area contributed by atoms with Crippen LogP contribution in [0.3, 0.4) is 0 Å². The zero-order chi connectivity index (χ0) is 16.1. The molecule has 0 atom stereocenters. The van der Waals surface area contributed by atoms with Crippen molar-refractivity contribution in [2.24, 2.45) is 0 Å². The molecule has 116 valence electrons. The SMILES string of the molecule is CCn1cc(CCCC(=O)O)cc1C(=O)c1ccc(N)cc1. The smallest absolute Gasteiger partial charge is 0.303 e. The molecular weight excluding hydrogens is 280 g/mol. The minimum Gasteiger partial charge on any atom is -0.481 e. The van der Waals surface area contributed by atoms with Gasteiger partial charge in [-0.25, -0.2) is 0 Å². The van der Waals surface area contributed by atoms with Crippen molar-refractivity contribution in [3.05, 3.63) is 53.3 Å². The number of carboxylic acid groups (broad SMARTS) is 1. The van der Waals surface area contributed by atoms with Gasteiger partial charge < -0.3 is 15.4 Å². The van der Waals surface area contributed by atoms with E-state index in [2.05, 4.69) is 0 Å². The van der Waals surface area contributed by atoms with Gasteiger partial charge in [-0.1, -0.05) is 0 Å². The van der Waals surface area contributed by atoms with Crippen molar-refractivity contribution in [2.75, 3.05) is 5.73 Å². The number of aromatic nitrogens is 1. The average molecular weight is 300 g/mol. The third kappa shape index (κ3) is 3.75. The van der Waals surface area contributed by atoms with Crippen LogP contribution in [0.1, 0.15) is 41.4 Å². The lowest BCUT2D eigenvalue weighted by molar-refractivity contribution is -0.137. The summed E-state index contributed by atoms with van der Waals surface area (Å²) in [5.41, 5.74) is 8.47. The van der Waals surface area contributed by atoms with Crippen LogP contribution >= 0.6 is 0 Å². The Kier molecular flexibility index (Phi) is 4.99. The fourth-order valence-electron chi connectivity index (χ4n) is 2.39. The highest BCUT2D eigenvalue weighted by molar-refractivity contribution is 6.08. The molecular formula is C17H20N2O3. The van der Waals surface area contributed by atoms with E-state index in [1.807, 2.05) is 23.8 Å². The predicted molar refractivity (Wildman–Crippen MR) is 85.0 cm³/mol. The third-order valence-corrected chi connectivity index (χ3v) is 3.56. The third-order valence-electron chi connectivity index (χ3n) is 3.56. The molecule has 0 fully saturated rings. The molecule has 3 N–H and O–H groups in total. The molecule has 0 aliphatic carbocycles. The van der Waals surface area contributed by atoms with Crippen LogP contribution in [0, 0.1) is 0 Å². The topological polar surface area (TPSA) is 85.3 Å². The zero-order valence-electron chi connectivity index (χ0n) is 12.6. The number of carbonyl (C=O) groups is 2. The first-order chi connectivity index (χ1) is 10.5. The molecule has 0 aliphatic heterocycles. The summed E-state index contributed by atoms with van der Waals surface area (Å²) in [6.07, 6.45) is 3.28. The lowest BCUT2D eigenvalue weighted by atomic mass is 10.1. The molecule has 0 saturated carbocycles. The summed E-state index contributed by atoms with van der Waals surface area (Å²) >= 11 is 0. The van der Waals surface area contributed by atoms with Crippen LogP contribution in [0.25, 0.3) is 0 Å². The summed E-state index contributed by atoms with van der Waals surface area (Å²) in [6, 6.07) is 8.70. The van der Waals surface area contributed by atoms with Crippen LogP contribution < -0.4 is 5.73 Å². The lowest BCUT2D eigenvalue weighted by Gasteiger charge is -2.05. The number of aryl methyl sites for hydroxylation is 2. The number of rotatable bonds is 7. The molecule has 2 aromatic rings. The Balaban J connectivity index is 2.18.